The topological polar surface area (TPSA) is 140 Å². The molecule has 2 aromatic carbocycles. The maximum atomic E-state index is 13.2. The summed E-state index contributed by atoms with van der Waals surface area (Å²) < 4.78 is 1.22. The number of carbonyl (C=O) groups is 1. The van der Waals surface area contributed by atoms with Crippen molar-refractivity contribution in [3.05, 3.63) is 70.0 Å². The van der Waals surface area contributed by atoms with Gasteiger partial charge in [-0.2, -0.15) is 0 Å². The molecular weight excluding hydrogens is 390 g/mol. The number of pyridine rings is 1. The van der Waals surface area contributed by atoms with E-state index in [2.05, 4.69) is 0 Å². The first-order chi connectivity index (χ1) is 14.4. The van der Waals surface area contributed by atoms with E-state index < -0.39 is 43.1 Å². The lowest BCUT2D eigenvalue weighted by molar-refractivity contribution is -0.117. The fourth-order valence-electron chi connectivity index (χ4n) is 3.96. The van der Waals surface area contributed by atoms with Crippen molar-refractivity contribution >= 4 is 16.6 Å². The molecule has 0 amide bonds. The van der Waals surface area contributed by atoms with Gasteiger partial charge >= 0.3 is 0 Å². The van der Waals surface area contributed by atoms with Gasteiger partial charge in [-0.15, -0.1) is 0 Å². The number of nitrogens with zero attached hydrogens (tertiary/aromatic N) is 1. The molecule has 30 heavy (non-hydrogen) atoms. The first-order valence-corrected chi connectivity index (χ1v) is 9.49. The van der Waals surface area contributed by atoms with Crippen molar-refractivity contribution in [2.45, 2.75) is 31.0 Å². The molecule has 0 saturated heterocycles. The molecule has 156 valence electrons. The molecule has 0 unspecified atom stereocenters. The van der Waals surface area contributed by atoms with E-state index in [1.807, 2.05) is 0 Å². The lowest BCUT2D eigenvalue weighted by Crippen LogP contribution is -2.48. The van der Waals surface area contributed by atoms with Gasteiger partial charge in [0, 0.05) is 21.9 Å². The Morgan fingerprint density at radius 1 is 0.767 bits per heavy atom. The van der Waals surface area contributed by atoms with Crippen LogP contribution in [0.2, 0.25) is 0 Å². The van der Waals surface area contributed by atoms with Gasteiger partial charge < -0.3 is 30.1 Å². The fourth-order valence-corrected chi connectivity index (χ4v) is 3.96. The van der Waals surface area contributed by atoms with Gasteiger partial charge in [-0.05, 0) is 6.07 Å². The van der Waals surface area contributed by atoms with E-state index in [1.165, 1.54) is 4.57 Å². The van der Waals surface area contributed by atoms with Crippen LogP contribution in [0.15, 0.2) is 53.3 Å². The smallest absolute Gasteiger partial charge is 0.259 e. The highest BCUT2D eigenvalue weighted by Gasteiger charge is 2.35. The Labute approximate surface area is 170 Å². The predicted molar refractivity (Wildman–Crippen MR) is 108 cm³/mol. The van der Waals surface area contributed by atoms with Gasteiger partial charge in [0.05, 0.1) is 24.4 Å². The van der Waals surface area contributed by atoms with Gasteiger partial charge in [0.25, 0.3) is 5.56 Å². The summed E-state index contributed by atoms with van der Waals surface area (Å²) in [7, 11) is 0. The molecule has 0 spiro atoms. The van der Waals surface area contributed by atoms with Gasteiger partial charge in [-0.3, -0.25) is 9.59 Å². The van der Waals surface area contributed by atoms with Crippen LogP contribution in [0.1, 0.15) is 15.9 Å². The Balaban J connectivity index is 1.89. The molecule has 1 heterocycles. The number of benzene rings is 2. The number of aromatic nitrogens is 1. The third kappa shape index (κ3) is 3.06. The van der Waals surface area contributed by atoms with Crippen molar-refractivity contribution in [1.29, 1.82) is 0 Å². The summed E-state index contributed by atoms with van der Waals surface area (Å²) in [5.41, 5.74) is 1.19. The first kappa shape index (κ1) is 20.4. The Morgan fingerprint density at radius 2 is 1.33 bits per heavy atom. The summed E-state index contributed by atoms with van der Waals surface area (Å²) in [4.78, 5) is 26.3. The summed E-state index contributed by atoms with van der Waals surface area (Å²) in [5.74, 6) is -0.240. The summed E-state index contributed by atoms with van der Waals surface area (Å²) in [6.45, 7) is -1.23. The summed E-state index contributed by atoms with van der Waals surface area (Å²) in [6, 6.07) is 13.5. The molecule has 0 bridgehead atoms. The molecule has 0 saturated carbocycles. The second kappa shape index (κ2) is 7.75. The van der Waals surface area contributed by atoms with Crippen LogP contribution in [0.5, 0.6) is 0 Å². The number of aliphatic hydroxyl groups is 5. The molecule has 1 aromatic heterocycles. The maximum absolute atomic E-state index is 13.2. The maximum Gasteiger partial charge on any atom is 0.259 e. The number of ketones is 1. The zero-order chi connectivity index (χ0) is 21.6. The second-order valence-corrected chi connectivity index (χ2v) is 7.36. The van der Waals surface area contributed by atoms with Gasteiger partial charge in [0.15, 0.2) is 5.78 Å². The van der Waals surface area contributed by atoms with Crippen molar-refractivity contribution < 1.29 is 30.3 Å². The standard InChI is InChI=1S/C22H21NO7/c24-10-16(26)21(29)20(28)15(25)9-23-18-12-6-2-3-7-13(12)19(27)17(18)11-5-1-4-8-14(11)22(23)30/h1-8,15-16,20-21,24-26,28-29H,9-10H2/t15-,16+,20+,21-/m0/s1. The Bertz CT molecular complexity index is 1190. The van der Waals surface area contributed by atoms with Gasteiger partial charge in [-0.1, -0.05) is 42.5 Å². The van der Waals surface area contributed by atoms with Crippen molar-refractivity contribution in [1.82, 2.24) is 4.57 Å². The highest BCUT2D eigenvalue weighted by Crippen LogP contribution is 2.39. The molecule has 4 rings (SSSR count). The van der Waals surface area contributed by atoms with Crippen LogP contribution in [-0.2, 0) is 6.54 Å². The fraction of sp³-hybridized carbons (Fsp3) is 0.273. The van der Waals surface area contributed by atoms with Crippen LogP contribution in [-0.4, -0.2) is 66.9 Å². The third-order valence-corrected chi connectivity index (χ3v) is 5.53. The number of rotatable bonds is 6. The molecule has 1 aliphatic carbocycles. The molecule has 4 atom stereocenters. The number of hydrogen-bond donors (Lipinski definition) is 5. The van der Waals surface area contributed by atoms with Crippen LogP contribution < -0.4 is 5.56 Å². The minimum Gasteiger partial charge on any atom is -0.394 e. The summed E-state index contributed by atoms with van der Waals surface area (Å²) in [6.07, 6.45) is -6.94. The number of fused-ring (bicyclic) bond motifs is 5. The van der Waals surface area contributed by atoms with Crippen molar-refractivity contribution in [2.75, 3.05) is 6.61 Å². The van der Waals surface area contributed by atoms with Crippen LogP contribution in [0.3, 0.4) is 0 Å². The molecule has 5 N–H and O–H groups in total. The molecule has 8 heteroatoms. The molecule has 0 radical (unpaired) electrons. The minimum absolute atomic E-state index is 0.240. The molecule has 0 aliphatic heterocycles. The zero-order valence-electron chi connectivity index (χ0n) is 15.8. The van der Waals surface area contributed by atoms with Crippen molar-refractivity contribution in [3.8, 4) is 11.3 Å². The highest BCUT2D eigenvalue weighted by atomic mass is 16.4. The minimum atomic E-state index is -1.83. The van der Waals surface area contributed by atoms with Gasteiger partial charge in [0.1, 0.15) is 24.4 Å². The SMILES string of the molecule is O=C1c2ccccc2-c2c1c1ccccc1c(=O)n2C[C@H](O)[C@@H](O)[C@@H](O)[C@H](O)CO. The number of hydrogen-bond acceptors (Lipinski definition) is 7. The summed E-state index contributed by atoms with van der Waals surface area (Å²) in [5, 5.41) is 49.9. The van der Waals surface area contributed by atoms with Crippen LogP contribution in [0.4, 0.5) is 0 Å². The average molecular weight is 411 g/mol. The quantitative estimate of drug-likeness (QED) is 0.292. The monoisotopic (exact) mass is 411 g/mol. The van der Waals surface area contributed by atoms with E-state index in [0.717, 1.165) is 0 Å². The number of carbonyl (C=O) groups excluding carboxylic acids is 1. The zero-order valence-corrected chi connectivity index (χ0v) is 15.8. The van der Waals surface area contributed by atoms with E-state index in [-0.39, 0.29) is 11.2 Å². The van der Waals surface area contributed by atoms with Gasteiger partial charge in [0.2, 0.25) is 0 Å². The molecule has 1 aliphatic rings. The lowest BCUT2D eigenvalue weighted by atomic mass is 10.0. The largest absolute Gasteiger partial charge is 0.394 e. The first-order valence-electron chi connectivity index (χ1n) is 9.49. The van der Waals surface area contributed by atoms with Gasteiger partial charge in [-0.25, -0.2) is 0 Å². The van der Waals surface area contributed by atoms with E-state index in [9.17, 15) is 30.0 Å². The molecular formula is C22H21NO7. The summed E-state index contributed by atoms with van der Waals surface area (Å²) >= 11 is 0. The van der Waals surface area contributed by atoms with E-state index in [0.29, 0.717) is 27.8 Å². The number of aliphatic hydroxyl groups excluding tert-OH is 5. The highest BCUT2D eigenvalue weighted by molar-refractivity contribution is 6.26. The van der Waals surface area contributed by atoms with Crippen molar-refractivity contribution in [3.63, 3.8) is 0 Å². The van der Waals surface area contributed by atoms with E-state index in [1.54, 1.807) is 48.5 Å². The second-order valence-electron chi connectivity index (χ2n) is 7.36. The average Bonchev–Trinajstić information content (AvgIpc) is 3.07. The third-order valence-electron chi connectivity index (χ3n) is 5.53. The van der Waals surface area contributed by atoms with Crippen molar-refractivity contribution in [2.24, 2.45) is 0 Å². The lowest BCUT2D eigenvalue weighted by Gasteiger charge is -2.27. The normalized spacial score (nSPS) is 16.8. The molecule has 3 aromatic rings. The Hall–Kier alpha value is -2.88. The Morgan fingerprint density at radius 3 is 2.00 bits per heavy atom. The van der Waals surface area contributed by atoms with Crippen LogP contribution in [0, 0.1) is 0 Å². The predicted octanol–water partition coefficient (Wildman–Crippen LogP) is -0.351. The molecule has 0 fully saturated rings. The van der Waals surface area contributed by atoms with Crippen LogP contribution >= 0.6 is 0 Å². The Kier molecular flexibility index (Phi) is 5.27. The van der Waals surface area contributed by atoms with E-state index in [4.69, 9.17) is 5.11 Å². The van der Waals surface area contributed by atoms with Crippen LogP contribution in [0.25, 0.3) is 22.0 Å². The van der Waals surface area contributed by atoms with E-state index >= 15 is 0 Å². The molecule has 8 nitrogen and oxygen atoms in total.